The first kappa shape index (κ1) is 15.9. The van der Waals surface area contributed by atoms with Gasteiger partial charge >= 0.3 is 7.12 Å². The average Bonchev–Trinajstić information content (AvgIpc) is 2.19. The summed E-state index contributed by atoms with van der Waals surface area (Å²) in [5.74, 6) is 0. The van der Waals surface area contributed by atoms with Crippen molar-refractivity contribution in [1.29, 1.82) is 0 Å². The Hall–Kier alpha value is -0.135. The van der Waals surface area contributed by atoms with Crippen LogP contribution in [0.25, 0.3) is 0 Å². The van der Waals surface area contributed by atoms with Crippen molar-refractivity contribution in [2.75, 3.05) is 0 Å². The molecule has 1 rings (SSSR count). The topological polar surface area (TPSA) is 62.6 Å². The first-order valence-corrected chi connectivity index (χ1v) is 6.61. The number of aromatic nitrogens is 1. The Morgan fingerprint density at radius 3 is 2.44 bits per heavy atom. The van der Waals surface area contributed by atoms with Crippen LogP contribution in [0, 0.1) is 0 Å². The number of aliphatic hydroxyl groups is 1. The zero-order chi connectivity index (χ0) is 14.1. The highest BCUT2D eigenvalue weighted by Crippen LogP contribution is 2.25. The Kier molecular flexibility index (Phi) is 4.84. The molecule has 0 amide bonds. The molecule has 4 nitrogen and oxygen atoms in total. The molecule has 0 saturated carbocycles. The summed E-state index contributed by atoms with van der Waals surface area (Å²) in [6.07, 6.45) is 1.53. The number of hydrogen-bond donors (Lipinski definition) is 2. The second-order valence-electron chi connectivity index (χ2n) is 5.07. The molecule has 0 spiro atoms. The summed E-state index contributed by atoms with van der Waals surface area (Å²) in [6, 6.07) is 1.63. The van der Waals surface area contributed by atoms with E-state index in [-0.39, 0.29) is 5.15 Å². The van der Waals surface area contributed by atoms with Gasteiger partial charge < -0.3 is 14.8 Å². The van der Waals surface area contributed by atoms with Crippen LogP contribution in [0.5, 0.6) is 0 Å². The van der Waals surface area contributed by atoms with E-state index < -0.39 is 18.3 Å². The van der Waals surface area contributed by atoms with Crippen molar-refractivity contribution in [3.05, 3.63) is 21.9 Å². The maximum absolute atomic E-state index is 10.0. The van der Waals surface area contributed by atoms with Crippen LogP contribution >= 0.6 is 27.5 Å². The van der Waals surface area contributed by atoms with Gasteiger partial charge in [-0.05, 0) is 49.7 Å². The van der Waals surface area contributed by atoms with Crippen LogP contribution < -0.4 is 5.46 Å². The van der Waals surface area contributed by atoms with Crippen LogP contribution in [-0.2, 0) is 4.65 Å². The standard InChI is InChI=1S/C11H16BBrClNO3/c1-10(2,16)11(3,4)18-12(17)8-5-7(13)6-15-9(8)14/h5-6,16-17H,1-4H3. The lowest BCUT2D eigenvalue weighted by Gasteiger charge is -2.38. The van der Waals surface area contributed by atoms with E-state index in [1.807, 2.05) is 0 Å². The van der Waals surface area contributed by atoms with E-state index in [0.29, 0.717) is 9.94 Å². The van der Waals surface area contributed by atoms with E-state index >= 15 is 0 Å². The smallest absolute Gasteiger partial charge is 0.423 e. The van der Waals surface area contributed by atoms with Crippen molar-refractivity contribution < 1.29 is 14.8 Å². The molecule has 0 aromatic carbocycles. The fourth-order valence-corrected chi connectivity index (χ4v) is 1.64. The van der Waals surface area contributed by atoms with Gasteiger partial charge in [0.1, 0.15) is 5.15 Å². The lowest BCUT2D eigenvalue weighted by Crippen LogP contribution is -2.53. The predicted molar refractivity (Wildman–Crippen MR) is 76.0 cm³/mol. The molecule has 0 radical (unpaired) electrons. The summed E-state index contributed by atoms with van der Waals surface area (Å²) < 4.78 is 6.17. The summed E-state index contributed by atoms with van der Waals surface area (Å²) in [4.78, 5) is 3.91. The SMILES string of the molecule is CC(C)(O)C(C)(C)OB(O)c1cc(Br)cnc1Cl. The number of pyridine rings is 1. The normalized spacial score (nSPS) is 12.7. The number of rotatable bonds is 4. The molecular weight excluding hydrogens is 320 g/mol. The summed E-state index contributed by atoms with van der Waals surface area (Å²) >= 11 is 9.15. The van der Waals surface area contributed by atoms with Crippen molar-refractivity contribution in [2.45, 2.75) is 38.9 Å². The number of nitrogens with zero attached hydrogens (tertiary/aromatic N) is 1. The zero-order valence-corrected chi connectivity index (χ0v) is 13.1. The molecule has 2 N–H and O–H groups in total. The van der Waals surface area contributed by atoms with Crippen molar-refractivity contribution in [3.8, 4) is 0 Å². The van der Waals surface area contributed by atoms with Crippen molar-refractivity contribution in [1.82, 2.24) is 4.98 Å². The van der Waals surface area contributed by atoms with Crippen LogP contribution in [0.4, 0.5) is 0 Å². The Bertz CT molecular complexity index is 437. The van der Waals surface area contributed by atoms with Gasteiger partial charge in [0.2, 0.25) is 0 Å². The van der Waals surface area contributed by atoms with Crippen LogP contribution in [0.15, 0.2) is 16.7 Å². The Morgan fingerprint density at radius 2 is 1.94 bits per heavy atom. The third-order valence-electron chi connectivity index (χ3n) is 2.98. The molecule has 0 saturated heterocycles. The predicted octanol–water partition coefficient (Wildman–Crippen LogP) is 1.75. The summed E-state index contributed by atoms with van der Waals surface area (Å²) in [7, 11) is -1.26. The third kappa shape index (κ3) is 3.68. The molecule has 0 atom stereocenters. The maximum atomic E-state index is 10.0. The Labute approximate surface area is 121 Å². The molecule has 0 fully saturated rings. The fourth-order valence-electron chi connectivity index (χ4n) is 1.10. The quantitative estimate of drug-likeness (QED) is 0.650. The first-order valence-electron chi connectivity index (χ1n) is 5.44. The number of hydrogen-bond acceptors (Lipinski definition) is 4. The first-order chi connectivity index (χ1) is 8.04. The lowest BCUT2D eigenvalue weighted by atomic mass is 9.77. The third-order valence-corrected chi connectivity index (χ3v) is 3.73. The molecule has 0 unspecified atom stereocenters. The molecular formula is C11H16BBrClNO3. The van der Waals surface area contributed by atoms with Gasteiger partial charge in [-0.25, -0.2) is 4.98 Å². The van der Waals surface area contributed by atoms with Crippen molar-refractivity contribution in [2.24, 2.45) is 0 Å². The van der Waals surface area contributed by atoms with E-state index in [0.717, 1.165) is 0 Å². The van der Waals surface area contributed by atoms with Crippen LogP contribution in [0.3, 0.4) is 0 Å². The van der Waals surface area contributed by atoms with Crippen LogP contribution in [0.2, 0.25) is 5.15 Å². The highest BCUT2D eigenvalue weighted by Gasteiger charge is 2.40. The second kappa shape index (κ2) is 5.47. The lowest BCUT2D eigenvalue weighted by molar-refractivity contribution is -0.0982. The van der Waals surface area contributed by atoms with Gasteiger partial charge in [0.05, 0.1) is 11.2 Å². The van der Waals surface area contributed by atoms with Gasteiger partial charge in [0, 0.05) is 16.1 Å². The molecule has 1 heterocycles. The van der Waals surface area contributed by atoms with Gasteiger partial charge in [-0.1, -0.05) is 11.6 Å². The largest absolute Gasteiger partial charge is 0.494 e. The van der Waals surface area contributed by atoms with Crippen molar-refractivity contribution in [3.63, 3.8) is 0 Å². The second-order valence-corrected chi connectivity index (χ2v) is 6.35. The van der Waals surface area contributed by atoms with E-state index in [1.165, 1.54) is 6.20 Å². The fraction of sp³-hybridized carbons (Fsp3) is 0.545. The highest BCUT2D eigenvalue weighted by atomic mass is 79.9. The average molecular weight is 336 g/mol. The van der Waals surface area contributed by atoms with Gasteiger partial charge in [0.25, 0.3) is 0 Å². The minimum atomic E-state index is -1.26. The summed E-state index contributed by atoms with van der Waals surface area (Å²) in [6.45, 7) is 6.60. The minimum absolute atomic E-state index is 0.164. The van der Waals surface area contributed by atoms with E-state index in [1.54, 1.807) is 33.8 Å². The van der Waals surface area contributed by atoms with Gasteiger partial charge in [-0.2, -0.15) is 0 Å². The van der Waals surface area contributed by atoms with Gasteiger partial charge in [-0.15, -0.1) is 0 Å². The molecule has 7 heteroatoms. The molecule has 1 aromatic heterocycles. The number of halogens is 2. The van der Waals surface area contributed by atoms with Crippen LogP contribution in [0.1, 0.15) is 27.7 Å². The van der Waals surface area contributed by atoms with Crippen molar-refractivity contribution >= 4 is 40.1 Å². The highest BCUT2D eigenvalue weighted by molar-refractivity contribution is 9.10. The zero-order valence-electron chi connectivity index (χ0n) is 10.7. The van der Waals surface area contributed by atoms with Crippen LogP contribution in [-0.4, -0.2) is 33.4 Å². The van der Waals surface area contributed by atoms with E-state index in [4.69, 9.17) is 16.3 Å². The molecule has 100 valence electrons. The summed E-state index contributed by atoms with van der Waals surface area (Å²) in [5, 5.41) is 20.2. The summed E-state index contributed by atoms with van der Waals surface area (Å²) in [5.41, 5.74) is -1.71. The maximum Gasteiger partial charge on any atom is 0.494 e. The molecule has 1 aromatic rings. The molecule has 0 aliphatic rings. The molecule has 0 bridgehead atoms. The molecule has 0 aliphatic heterocycles. The monoisotopic (exact) mass is 335 g/mol. The Balaban J connectivity index is 2.95. The minimum Gasteiger partial charge on any atom is -0.423 e. The van der Waals surface area contributed by atoms with Gasteiger partial charge in [0.15, 0.2) is 0 Å². The van der Waals surface area contributed by atoms with E-state index in [9.17, 15) is 10.1 Å². The molecule has 18 heavy (non-hydrogen) atoms. The molecule has 0 aliphatic carbocycles. The Morgan fingerprint density at radius 1 is 1.39 bits per heavy atom. The van der Waals surface area contributed by atoms with E-state index in [2.05, 4.69) is 20.9 Å². The van der Waals surface area contributed by atoms with Gasteiger partial charge in [-0.3, -0.25) is 0 Å².